The van der Waals surface area contributed by atoms with Crippen LogP contribution in [0.25, 0.3) is 0 Å². The summed E-state index contributed by atoms with van der Waals surface area (Å²) in [5.41, 5.74) is 0.170. The van der Waals surface area contributed by atoms with Crippen molar-refractivity contribution in [2.75, 3.05) is 13.2 Å². The first-order chi connectivity index (χ1) is 10.9. The summed E-state index contributed by atoms with van der Waals surface area (Å²) in [5, 5.41) is 10.1. The molecular weight excluding hydrogens is 288 g/mol. The Morgan fingerprint density at radius 2 is 2.00 bits per heavy atom. The molecule has 0 unspecified atom stereocenters. The van der Waals surface area contributed by atoms with Crippen LogP contribution >= 0.6 is 0 Å². The molecule has 2 spiro atoms. The third-order valence-corrected chi connectivity index (χ3v) is 9.16. The molecular formula is C20H30O3. The lowest BCUT2D eigenvalue weighted by Crippen LogP contribution is -2.60. The molecule has 0 radical (unpaired) electrons. The zero-order valence-corrected chi connectivity index (χ0v) is 14.6. The second kappa shape index (κ2) is 4.22. The van der Waals surface area contributed by atoms with Gasteiger partial charge in [0, 0.05) is 18.4 Å². The van der Waals surface area contributed by atoms with E-state index in [2.05, 4.69) is 13.8 Å². The van der Waals surface area contributed by atoms with Gasteiger partial charge in [0.2, 0.25) is 0 Å². The lowest BCUT2D eigenvalue weighted by Gasteiger charge is -2.63. The fourth-order valence-corrected chi connectivity index (χ4v) is 7.94. The zero-order chi connectivity index (χ0) is 16.1. The number of ether oxygens (including phenoxy) is 1. The average molecular weight is 318 g/mol. The van der Waals surface area contributed by atoms with Gasteiger partial charge in [-0.25, -0.2) is 0 Å². The lowest BCUT2D eigenvalue weighted by molar-refractivity contribution is -0.175. The summed E-state index contributed by atoms with van der Waals surface area (Å²) in [6.07, 6.45) is 8.77. The van der Waals surface area contributed by atoms with E-state index in [4.69, 9.17) is 4.74 Å². The standard InChI is InChI=1S/C20H30O3/c1-17(11-21)6-3-7-18(2)14-5-4-13-9-19(14,10-20(13)12-23-20)16(22)8-15(17)18/h13-15,21H,3-12H2,1-2H3/t13-,14+,15-,17-,18+,19-,20+/m1/s1. The number of hydrogen-bond donors (Lipinski definition) is 1. The van der Waals surface area contributed by atoms with Crippen LogP contribution in [0.15, 0.2) is 0 Å². The van der Waals surface area contributed by atoms with Crippen molar-refractivity contribution < 1.29 is 14.6 Å². The van der Waals surface area contributed by atoms with Gasteiger partial charge in [-0.05, 0) is 67.1 Å². The van der Waals surface area contributed by atoms with E-state index in [1.165, 1.54) is 25.7 Å². The minimum atomic E-state index is -0.0849. The van der Waals surface area contributed by atoms with Gasteiger partial charge in [0.15, 0.2) is 0 Å². The van der Waals surface area contributed by atoms with Crippen LogP contribution in [-0.4, -0.2) is 29.7 Å². The maximum atomic E-state index is 13.4. The van der Waals surface area contributed by atoms with Crippen molar-refractivity contribution in [2.24, 2.45) is 34.0 Å². The predicted octanol–water partition coefficient (Wildman–Crippen LogP) is 3.34. The molecule has 4 aliphatic carbocycles. The van der Waals surface area contributed by atoms with Crippen molar-refractivity contribution in [1.29, 1.82) is 0 Å². The third-order valence-electron chi connectivity index (χ3n) is 9.16. The van der Waals surface area contributed by atoms with Crippen LogP contribution in [0, 0.1) is 34.0 Å². The molecule has 7 atom stereocenters. The minimum absolute atomic E-state index is 0.0620. The predicted molar refractivity (Wildman–Crippen MR) is 86.8 cm³/mol. The molecule has 0 aromatic heterocycles. The fraction of sp³-hybridized carbons (Fsp3) is 0.950. The topological polar surface area (TPSA) is 49.8 Å². The number of carbonyl (C=O) groups excluding carboxylic acids is 1. The molecule has 2 bridgehead atoms. The van der Waals surface area contributed by atoms with Crippen molar-refractivity contribution in [3.63, 3.8) is 0 Å². The SMILES string of the molecule is C[C@]1(CO)CCC[C@]2(C)[C@@H]1CC(=O)[C@@]13C[C@@H](CC[C@H]12)[C@@]1(CO1)C3. The van der Waals surface area contributed by atoms with Crippen LogP contribution in [0.5, 0.6) is 0 Å². The van der Waals surface area contributed by atoms with Crippen molar-refractivity contribution in [3.05, 3.63) is 0 Å². The van der Waals surface area contributed by atoms with Crippen molar-refractivity contribution in [1.82, 2.24) is 0 Å². The second-order valence-corrected chi connectivity index (χ2v) is 10.1. The summed E-state index contributed by atoms with van der Waals surface area (Å²) in [4.78, 5) is 13.4. The van der Waals surface area contributed by atoms with Crippen LogP contribution in [0.4, 0.5) is 0 Å². The number of hydrogen-bond acceptors (Lipinski definition) is 3. The Bertz CT molecular complexity index is 567. The number of aliphatic hydroxyl groups excluding tert-OH is 1. The quantitative estimate of drug-likeness (QED) is 0.754. The van der Waals surface area contributed by atoms with E-state index in [1.54, 1.807) is 0 Å². The van der Waals surface area contributed by atoms with Crippen LogP contribution in [-0.2, 0) is 9.53 Å². The summed E-state index contributed by atoms with van der Waals surface area (Å²) in [6.45, 7) is 5.82. The van der Waals surface area contributed by atoms with Gasteiger partial charge in [0.25, 0.3) is 0 Å². The summed E-state index contributed by atoms with van der Waals surface area (Å²) < 4.78 is 5.90. The molecule has 128 valence electrons. The molecule has 0 aromatic rings. The summed E-state index contributed by atoms with van der Waals surface area (Å²) in [6, 6.07) is 0. The number of Topliss-reactive ketones (excluding diaryl/α,β-unsaturated/α-hetero) is 1. The molecule has 3 nitrogen and oxygen atoms in total. The van der Waals surface area contributed by atoms with Gasteiger partial charge in [0.05, 0.1) is 12.2 Å². The monoisotopic (exact) mass is 318 g/mol. The maximum absolute atomic E-state index is 13.4. The Hall–Kier alpha value is -0.410. The first-order valence-corrected chi connectivity index (χ1v) is 9.67. The maximum Gasteiger partial charge on any atom is 0.139 e. The van der Waals surface area contributed by atoms with Gasteiger partial charge in [-0.3, -0.25) is 4.79 Å². The molecule has 1 saturated heterocycles. The molecule has 1 aliphatic heterocycles. The number of epoxide rings is 1. The van der Waals surface area contributed by atoms with E-state index in [0.29, 0.717) is 30.0 Å². The second-order valence-electron chi connectivity index (χ2n) is 10.1. The molecule has 0 aromatic carbocycles. The van der Waals surface area contributed by atoms with Gasteiger partial charge in [-0.15, -0.1) is 0 Å². The van der Waals surface area contributed by atoms with Gasteiger partial charge >= 0.3 is 0 Å². The van der Waals surface area contributed by atoms with E-state index in [9.17, 15) is 9.90 Å². The molecule has 3 heteroatoms. The Morgan fingerprint density at radius 3 is 2.70 bits per heavy atom. The summed E-state index contributed by atoms with van der Waals surface area (Å²) in [5.74, 6) is 2.04. The van der Waals surface area contributed by atoms with Crippen LogP contribution < -0.4 is 0 Å². The Labute approximate surface area is 139 Å². The van der Waals surface area contributed by atoms with E-state index in [0.717, 1.165) is 25.9 Å². The van der Waals surface area contributed by atoms with E-state index >= 15 is 0 Å². The first-order valence-electron chi connectivity index (χ1n) is 9.67. The molecule has 4 saturated carbocycles. The van der Waals surface area contributed by atoms with Gasteiger partial charge in [-0.1, -0.05) is 20.3 Å². The van der Waals surface area contributed by atoms with E-state index < -0.39 is 0 Å². The summed E-state index contributed by atoms with van der Waals surface area (Å²) >= 11 is 0. The smallest absolute Gasteiger partial charge is 0.139 e. The molecule has 1 N–H and O–H groups in total. The molecule has 5 rings (SSSR count). The molecule has 5 fully saturated rings. The van der Waals surface area contributed by atoms with Gasteiger partial charge in [-0.2, -0.15) is 0 Å². The molecule has 23 heavy (non-hydrogen) atoms. The minimum Gasteiger partial charge on any atom is -0.396 e. The summed E-state index contributed by atoms with van der Waals surface area (Å²) in [7, 11) is 0. The Kier molecular flexibility index (Phi) is 2.73. The van der Waals surface area contributed by atoms with Crippen molar-refractivity contribution in [2.45, 2.75) is 70.8 Å². The van der Waals surface area contributed by atoms with Crippen LogP contribution in [0.2, 0.25) is 0 Å². The van der Waals surface area contributed by atoms with Crippen LogP contribution in [0.3, 0.4) is 0 Å². The highest BCUT2D eigenvalue weighted by molar-refractivity contribution is 5.87. The first kappa shape index (κ1) is 14.9. The number of ketones is 1. The van der Waals surface area contributed by atoms with E-state index in [-0.39, 0.29) is 28.5 Å². The Morgan fingerprint density at radius 1 is 1.22 bits per heavy atom. The zero-order valence-electron chi connectivity index (χ0n) is 14.6. The van der Waals surface area contributed by atoms with Gasteiger partial charge < -0.3 is 9.84 Å². The molecule has 5 aliphatic rings. The number of rotatable bonds is 1. The fourth-order valence-electron chi connectivity index (χ4n) is 7.94. The van der Waals surface area contributed by atoms with E-state index in [1.807, 2.05) is 0 Å². The lowest BCUT2D eigenvalue weighted by atomic mass is 9.40. The largest absolute Gasteiger partial charge is 0.396 e. The number of fused-ring (bicyclic) bond motifs is 4. The highest BCUT2D eigenvalue weighted by Gasteiger charge is 2.73. The number of aliphatic hydroxyl groups is 1. The molecule has 0 amide bonds. The van der Waals surface area contributed by atoms with Crippen molar-refractivity contribution in [3.8, 4) is 0 Å². The van der Waals surface area contributed by atoms with Crippen LogP contribution in [0.1, 0.15) is 65.2 Å². The van der Waals surface area contributed by atoms with Crippen molar-refractivity contribution >= 4 is 5.78 Å². The highest BCUT2D eigenvalue weighted by Crippen LogP contribution is 2.73. The Balaban J connectivity index is 1.59. The third kappa shape index (κ3) is 1.62. The normalized spacial score (nSPS) is 60.5. The molecule has 1 heterocycles. The number of carbonyl (C=O) groups is 1. The average Bonchev–Trinajstić information content (AvgIpc) is 3.25. The van der Waals surface area contributed by atoms with Gasteiger partial charge in [0.1, 0.15) is 5.78 Å². The highest BCUT2D eigenvalue weighted by atomic mass is 16.6.